The number of aliphatic hydroxyl groups is 1. The van der Waals surface area contributed by atoms with Crippen LogP contribution >= 0.6 is 11.3 Å². The summed E-state index contributed by atoms with van der Waals surface area (Å²) in [5.41, 5.74) is 2.29. The molecule has 2 heteroatoms. The fraction of sp³-hybridized carbons (Fsp3) is 0.455. The molecule has 1 N–H and O–H groups in total. The van der Waals surface area contributed by atoms with Crippen LogP contribution in [0.1, 0.15) is 34.8 Å². The summed E-state index contributed by atoms with van der Waals surface area (Å²) in [6, 6.07) is 2.06. The summed E-state index contributed by atoms with van der Waals surface area (Å²) >= 11 is 1.67. The van der Waals surface area contributed by atoms with Crippen LogP contribution in [0.15, 0.2) is 18.2 Å². The zero-order valence-electron chi connectivity index (χ0n) is 8.42. The van der Waals surface area contributed by atoms with Crippen molar-refractivity contribution in [1.29, 1.82) is 0 Å². The fourth-order valence-electron chi connectivity index (χ4n) is 1.20. The Bertz CT molecular complexity index is 292. The van der Waals surface area contributed by atoms with Crippen LogP contribution in [0.4, 0.5) is 0 Å². The average Bonchev–Trinajstić information content (AvgIpc) is 2.31. The summed E-state index contributed by atoms with van der Waals surface area (Å²) in [6.45, 7) is 9.89. The van der Waals surface area contributed by atoms with Gasteiger partial charge in [0.15, 0.2) is 0 Å². The van der Waals surface area contributed by atoms with E-state index in [0.717, 1.165) is 10.5 Å². The van der Waals surface area contributed by atoms with Crippen LogP contribution in [0.2, 0.25) is 0 Å². The van der Waals surface area contributed by atoms with Crippen molar-refractivity contribution in [1.82, 2.24) is 0 Å². The summed E-state index contributed by atoms with van der Waals surface area (Å²) in [5.74, 6) is 0. The van der Waals surface area contributed by atoms with E-state index in [-0.39, 0.29) is 6.10 Å². The molecule has 0 radical (unpaired) electrons. The second-order valence-corrected chi connectivity index (χ2v) is 4.85. The highest BCUT2D eigenvalue weighted by Crippen LogP contribution is 2.29. The maximum atomic E-state index is 9.78. The van der Waals surface area contributed by atoms with Crippen LogP contribution in [0.5, 0.6) is 0 Å². The first-order chi connectivity index (χ1) is 6.00. The molecule has 0 saturated heterocycles. The topological polar surface area (TPSA) is 20.2 Å². The van der Waals surface area contributed by atoms with E-state index in [2.05, 4.69) is 26.5 Å². The van der Waals surface area contributed by atoms with E-state index in [9.17, 15) is 5.11 Å². The molecule has 0 aromatic carbocycles. The minimum atomic E-state index is -0.366. The summed E-state index contributed by atoms with van der Waals surface area (Å²) in [5, 5.41) is 9.78. The van der Waals surface area contributed by atoms with Crippen LogP contribution < -0.4 is 0 Å². The van der Waals surface area contributed by atoms with Crippen molar-refractivity contribution < 1.29 is 5.11 Å². The highest BCUT2D eigenvalue weighted by atomic mass is 32.1. The molecule has 0 saturated carbocycles. The largest absolute Gasteiger partial charge is 0.387 e. The number of hydrogen-bond donors (Lipinski definition) is 1. The third-order valence-electron chi connectivity index (χ3n) is 2.06. The molecule has 0 fully saturated rings. The molecule has 0 spiro atoms. The summed E-state index contributed by atoms with van der Waals surface area (Å²) in [6.07, 6.45) is 0.300. The van der Waals surface area contributed by atoms with Crippen molar-refractivity contribution in [3.63, 3.8) is 0 Å². The van der Waals surface area contributed by atoms with Crippen molar-refractivity contribution in [2.45, 2.75) is 33.3 Å². The zero-order chi connectivity index (χ0) is 10.0. The first-order valence-electron chi connectivity index (χ1n) is 4.40. The first-order valence-corrected chi connectivity index (χ1v) is 5.21. The van der Waals surface area contributed by atoms with Crippen LogP contribution in [0.25, 0.3) is 0 Å². The van der Waals surface area contributed by atoms with Gasteiger partial charge in [-0.25, -0.2) is 0 Å². The number of aryl methyl sites for hydroxylation is 2. The lowest BCUT2D eigenvalue weighted by atomic mass is 10.1. The predicted molar refractivity (Wildman–Crippen MR) is 58.2 cm³/mol. The molecule has 1 aromatic heterocycles. The van der Waals surface area contributed by atoms with Gasteiger partial charge in [-0.05, 0) is 38.8 Å². The molecule has 0 aliphatic heterocycles. The van der Waals surface area contributed by atoms with Gasteiger partial charge in [-0.2, -0.15) is 0 Å². The Kier molecular flexibility index (Phi) is 3.28. The quantitative estimate of drug-likeness (QED) is 0.735. The van der Waals surface area contributed by atoms with Crippen LogP contribution in [0, 0.1) is 13.8 Å². The second kappa shape index (κ2) is 4.07. The Morgan fingerprint density at radius 2 is 2.23 bits per heavy atom. The van der Waals surface area contributed by atoms with Gasteiger partial charge in [0, 0.05) is 9.75 Å². The monoisotopic (exact) mass is 196 g/mol. The molecule has 1 atom stereocenters. The van der Waals surface area contributed by atoms with Gasteiger partial charge >= 0.3 is 0 Å². The Balaban J connectivity index is 2.77. The molecule has 0 aliphatic carbocycles. The fourth-order valence-corrected chi connectivity index (χ4v) is 2.23. The standard InChI is InChI=1S/C11H16OS/c1-7(2)5-10(12)11-6-8(3)9(4)13-11/h6,10,12H,1,5H2,2-4H3. The molecule has 0 aliphatic rings. The summed E-state index contributed by atoms with van der Waals surface area (Å²) in [7, 11) is 0. The maximum Gasteiger partial charge on any atom is 0.0918 e. The van der Waals surface area contributed by atoms with Gasteiger partial charge in [0.25, 0.3) is 0 Å². The molecule has 1 unspecified atom stereocenters. The van der Waals surface area contributed by atoms with Crippen LogP contribution in [-0.4, -0.2) is 5.11 Å². The van der Waals surface area contributed by atoms with Gasteiger partial charge < -0.3 is 5.11 Å². The molecular formula is C11H16OS. The molecule has 0 amide bonds. The highest BCUT2D eigenvalue weighted by molar-refractivity contribution is 7.12. The molecule has 13 heavy (non-hydrogen) atoms. The van der Waals surface area contributed by atoms with E-state index in [4.69, 9.17) is 0 Å². The van der Waals surface area contributed by atoms with Crippen molar-refractivity contribution >= 4 is 11.3 Å². The number of aliphatic hydroxyl groups excluding tert-OH is 1. The molecule has 0 bridgehead atoms. The van der Waals surface area contributed by atoms with Crippen molar-refractivity contribution in [2.75, 3.05) is 0 Å². The number of rotatable bonds is 3. The van der Waals surface area contributed by atoms with E-state index in [1.807, 2.05) is 6.92 Å². The highest BCUT2D eigenvalue weighted by Gasteiger charge is 2.11. The summed E-state index contributed by atoms with van der Waals surface area (Å²) in [4.78, 5) is 2.34. The minimum absolute atomic E-state index is 0.366. The van der Waals surface area contributed by atoms with Crippen molar-refractivity contribution in [3.8, 4) is 0 Å². The molecular weight excluding hydrogens is 180 g/mol. The Morgan fingerprint density at radius 1 is 1.62 bits per heavy atom. The minimum Gasteiger partial charge on any atom is -0.387 e. The Labute approximate surface area is 83.7 Å². The smallest absolute Gasteiger partial charge is 0.0918 e. The van der Waals surface area contributed by atoms with E-state index in [1.54, 1.807) is 11.3 Å². The molecule has 1 heterocycles. The van der Waals surface area contributed by atoms with E-state index in [1.165, 1.54) is 10.4 Å². The van der Waals surface area contributed by atoms with Gasteiger partial charge in [-0.3, -0.25) is 0 Å². The van der Waals surface area contributed by atoms with Gasteiger partial charge in [0.05, 0.1) is 6.10 Å². The van der Waals surface area contributed by atoms with Crippen molar-refractivity contribution in [3.05, 3.63) is 33.5 Å². The van der Waals surface area contributed by atoms with Crippen LogP contribution in [0.3, 0.4) is 0 Å². The van der Waals surface area contributed by atoms with Crippen molar-refractivity contribution in [2.24, 2.45) is 0 Å². The average molecular weight is 196 g/mol. The third kappa shape index (κ3) is 2.68. The third-order valence-corrected chi connectivity index (χ3v) is 3.31. The normalized spacial score (nSPS) is 12.9. The SMILES string of the molecule is C=C(C)CC(O)c1cc(C)c(C)s1. The Hall–Kier alpha value is -0.600. The van der Waals surface area contributed by atoms with Gasteiger partial charge in [-0.1, -0.05) is 5.57 Å². The lowest BCUT2D eigenvalue weighted by molar-refractivity contribution is 0.182. The number of thiophene rings is 1. The van der Waals surface area contributed by atoms with E-state index >= 15 is 0 Å². The Morgan fingerprint density at radius 3 is 2.62 bits per heavy atom. The van der Waals surface area contributed by atoms with E-state index in [0.29, 0.717) is 6.42 Å². The van der Waals surface area contributed by atoms with Gasteiger partial charge in [0.2, 0.25) is 0 Å². The molecule has 1 aromatic rings. The zero-order valence-corrected chi connectivity index (χ0v) is 9.24. The van der Waals surface area contributed by atoms with E-state index < -0.39 is 0 Å². The maximum absolute atomic E-state index is 9.78. The predicted octanol–water partition coefficient (Wildman–Crippen LogP) is 3.36. The van der Waals surface area contributed by atoms with Crippen LogP contribution in [-0.2, 0) is 0 Å². The molecule has 1 rings (SSSR count). The lowest BCUT2D eigenvalue weighted by Crippen LogP contribution is -1.94. The van der Waals surface area contributed by atoms with Gasteiger partial charge in [0.1, 0.15) is 0 Å². The molecule has 1 nitrogen and oxygen atoms in total. The van der Waals surface area contributed by atoms with Gasteiger partial charge in [-0.15, -0.1) is 17.9 Å². The second-order valence-electron chi connectivity index (χ2n) is 3.56. The first kappa shape index (κ1) is 10.5. The lowest BCUT2D eigenvalue weighted by Gasteiger charge is -2.06. The molecule has 72 valence electrons. The number of hydrogen-bond acceptors (Lipinski definition) is 2. The summed E-state index contributed by atoms with van der Waals surface area (Å²) < 4.78 is 0.